The molecular formula is C16H24FN3. The lowest BCUT2D eigenvalue weighted by atomic mass is 9.84. The monoisotopic (exact) mass is 277 g/mol. The maximum atomic E-state index is 13.9. The van der Waals surface area contributed by atoms with E-state index in [1.807, 2.05) is 6.07 Å². The summed E-state index contributed by atoms with van der Waals surface area (Å²) in [6.45, 7) is 4.10. The van der Waals surface area contributed by atoms with Crippen LogP contribution in [0.5, 0.6) is 0 Å². The van der Waals surface area contributed by atoms with Gasteiger partial charge < -0.3 is 10.6 Å². The van der Waals surface area contributed by atoms with Crippen LogP contribution in [-0.4, -0.2) is 42.5 Å². The molecule has 3 nitrogen and oxygen atoms in total. The SMILES string of the molecule is CN1CCCC2CN(Cc3ccc(N)cc3F)CCC21. The maximum absolute atomic E-state index is 13.9. The van der Waals surface area contributed by atoms with Gasteiger partial charge in [0.05, 0.1) is 0 Å². The van der Waals surface area contributed by atoms with Crippen LogP contribution in [0, 0.1) is 11.7 Å². The van der Waals surface area contributed by atoms with Crippen LogP contribution in [0.4, 0.5) is 10.1 Å². The Bertz CT molecular complexity index is 477. The quantitative estimate of drug-likeness (QED) is 0.842. The summed E-state index contributed by atoms with van der Waals surface area (Å²) in [4.78, 5) is 4.91. The Morgan fingerprint density at radius 2 is 2.15 bits per heavy atom. The first-order valence-electron chi connectivity index (χ1n) is 7.60. The summed E-state index contributed by atoms with van der Waals surface area (Å²) in [5.41, 5.74) is 6.87. The van der Waals surface area contributed by atoms with Crippen LogP contribution >= 0.6 is 0 Å². The lowest BCUT2D eigenvalue weighted by molar-refractivity contribution is 0.0351. The highest BCUT2D eigenvalue weighted by atomic mass is 19.1. The lowest BCUT2D eigenvalue weighted by Gasteiger charge is -2.46. The minimum Gasteiger partial charge on any atom is -0.399 e. The zero-order chi connectivity index (χ0) is 14.1. The molecule has 110 valence electrons. The van der Waals surface area contributed by atoms with Crippen molar-refractivity contribution < 1.29 is 4.39 Å². The van der Waals surface area contributed by atoms with E-state index in [0.29, 0.717) is 12.2 Å². The lowest BCUT2D eigenvalue weighted by Crippen LogP contribution is -2.52. The Morgan fingerprint density at radius 1 is 1.30 bits per heavy atom. The van der Waals surface area contributed by atoms with Crippen LogP contribution in [0.1, 0.15) is 24.8 Å². The Labute approximate surface area is 120 Å². The van der Waals surface area contributed by atoms with Crippen LogP contribution < -0.4 is 5.73 Å². The highest BCUT2D eigenvalue weighted by molar-refractivity contribution is 5.40. The van der Waals surface area contributed by atoms with Gasteiger partial charge in [-0.05, 0) is 57.5 Å². The predicted molar refractivity (Wildman–Crippen MR) is 79.8 cm³/mol. The number of likely N-dealkylation sites (tertiary alicyclic amines) is 2. The summed E-state index contributed by atoms with van der Waals surface area (Å²) in [6, 6.07) is 5.77. The molecule has 0 amide bonds. The molecule has 2 heterocycles. The highest BCUT2D eigenvalue weighted by Gasteiger charge is 2.34. The second-order valence-corrected chi connectivity index (χ2v) is 6.32. The third-order valence-corrected chi connectivity index (χ3v) is 4.90. The normalized spacial score (nSPS) is 28.3. The van der Waals surface area contributed by atoms with Gasteiger partial charge in [-0.2, -0.15) is 0 Å². The topological polar surface area (TPSA) is 32.5 Å². The van der Waals surface area contributed by atoms with E-state index in [9.17, 15) is 4.39 Å². The third kappa shape index (κ3) is 2.81. The van der Waals surface area contributed by atoms with E-state index in [4.69, 9.17) is 5.73 Å². The molecule has 0 bridgehead atoms. The number of rotatable bonds is 2. The van der Waals surface area contributed by atoms with Crippen LogP contribution in [0.2, 0.25) is 0 Å². The predicted octanol–water partition coefficient (Wildman–Crippen LogP) is 2.32. The molecule has 3 rings (SSSR count). The Kier molecular flexibility index (Phi) is 3.94. The van der Waals surface area contributed by atoms with Crippen molar-refractivity contribution in [2.45, 2.75) is 31.8 Å². The molecule has 2 fully saturated rings. The first-order valence-corrected chi connectivity index (χ1v) is 7.60. The van der Waals surface area contributed by atoms with E-state index in [1.165, 1.54) is 31.9 Å². The Morgan fingerprint density at radius 3 is 2.95 bits per heavy atom. The smallest absolute Gasteiger partial charge is 0.129 e. The molecule has 0 aliphatic carbocycles. The zero-order valence-corrected chi connectivity index (χ0v) is 12.2. The van der Waals surface area contributed by atoms with Gasteiger partial charge in [-0.15, -0.1) is 0 Å². The van der Waals surface area contributed by atoms with Crippen LogP contribution in [0.15, 0.2) is 18.2 Å². The number of benzene rings is 1. The summed E-state index contributed by atoms with van der Waals surface area (Å²) in [5.74, 6) is 0.576. The Balaban J connectivity index is 1.64. The minimum absolute atomic E-state index is 0.173. The van der Waals surface area contributed by atoms with Gasteiger partial charge in [-0.1, -0.05) is 6.07 Å². The third-order valence-electron chi connectivity index (χ3n) is 4.90. The van der Waals surface area contributed by atoms with Gasteiger partial charge in [0.25, 0.3) is 0 Å². The molecule has 0 spiro atoms. The molecule has 2 atom stereocenters. The highest BCUT2D eigenvalue weighted by Crippen LogP contribution is 2.30. The largest absolute Gasteiger partial charge is 0.399 e. The van der Waals surface area contributed by atoms with Crippen LogP contribution in [0.25, 0.3) is 0 Å². The van der Waals surface area contributed by atoms with Gasteiger partial charge in [0, 0.05) is 30.4 Å². The number of halogens is 1. The van der Waals surface area contributed by atoms with Gasteiger partial charge >= 0.3 is 0 Å². The van der Waals surface area contributed by atoms with Gasteiger partial charge in [0.15, 0.2) is 0 Å². The van der Waals surface area contributed by atoms with Crippen molar-refractivity contribution >= 4 is 5.69 Å². The first kappa shape index (κ1) is 13.8. The number of fused-ring (bicyclic) bond motifs is 1. The average Bonchev–Trinajstić information content (AvgIpc) is 2.42. The number of anilines is 1. The van der Waals surface area contributed by atoms with Crippen molar-refractivity contribution in [3.05, 3.63) is 29.6 Å². The summed E-state index contributed by atoms with van der Waals surface area (Å²) in [6.07, 6.45) is 3.81. The zero-order valence-electron chi connectivity index (χ0n) is 12.2. The maximum Gasteiger partial charge on any atom is 0.129 e. The summed E-state index contributed by atoms with van der Waals surface area (Å²) in [5, 5.41) is 0. The van der Waals surface area contributed by atoms with E-state index in [-0.39, 0.29) is 5.82 Å². The fourth-order valence-corrected chi connectivity index (χ4v) is 3.80. The van der Waals surface area contributed by atoms with E-state index in [2.05, 4.69) is 16.8 Å². The number of nitrogens with zero attached hydrogens (tertiary/aromatic N) is 2. The van der Waals surface area contributed by atoms with Crippen molar-refractivity contribution in [3.63, 3.8) is 0 Å². The molecule has 0 saturated carbocycles. The van der Waals surface area contributed by atoms with Crippen molar-refractivity contribution in [1.29, 1.82) is 0 Å². The number of nitrogens with two attached hydrogens (primary N) is 1. The second-order valence-electron chi connectivity index (χ2n) is 6.32. The molecule has 2 N–H and O–H groups in total. The van der Waals surface area contributed by atoms with Crippen LogP contribution in [-0.2, 0) is 6.54 Å². The van der Waals surface area contributed by atoms with Gasteiger partial charge in [0.1, 0.15) is 5.82 Å². The molecule has 2 aliphatic heterocycles. The van der Waals surface area contributed by atoms with E-state index in [1.54, 1.807) is 6.07 Å². The molecule has 0 radical (unpaired) electrons. The molecule has 2 unspecified atom stereocenters. The Hall–Kier alpha value is -1.13. The minimum atomic E-state index is -0.173. The van der Waals surface area contributed by atoms with Gasteiger partial charge in [-0.25, -0.2) is 4.39 Å². The second kappa shape index (κ2) is 5.70. The number of hydrogen-bond donors (Lipinski definition) is 1. The standard InChI is InChI=1S/C16H24FN3/c1-19-7-2-3-13-11-20(8-6-16(13)19)10-12-4-5-14(18)9-15(12)17/h4-5,9,13,16H,2-3,6-8,10-11,18H2,1H3. The van der Waals surface area contributed by atoms with Crippen molar-refractivity contribution in [3.8, 4) is 0 Å². The number of nitrogen functional groups attached to an aromatic ring is 1. The molecule has 0 aromatic heterocycles. The van der Waals surface area contributed by atoms with Gasteiger partial charge in [-0.3, -0.25) is 4.90 Å². The number of piperidine rings is 2. The van der Waals surface area contributed by atoms with E-state index in [0.717, 1.165) is 30.6 Å². The molecule has 1 aromatic carbocycles. The summed E-state index contributed by atoms with van der Waals surface area (Å²) < 4.78 is 13.9. The fourth-order valence-electron chi connectivity index (χ4n) is 3.80. The summed E-state index contributed by atoms with van der Waals surface area (Å²) in [7, 11) is 2.24. The van der Waals surface area contributed by atoms with Crippen molar-refractivity contribution in [1.82, 2.24) is 9.80 Å². The fraction of sp³-hybridized carbons (Fsp3) is 0.625. The van der Waals surface area contributed by atoms with Crippen molar-refractivity contribution in [2.24, 2.45) is 5.92 Å². The van der Waals surface area contributed by atoms with Gasteiger partial charge in [0.2, 0.25) is 0 Å². The molecule has 1 aromatic rings. The molecule has 4 heteroatoms. The molecule has 20 heavy (non-hydrogen) atoms. The van der Waals surface area contributed by atoms with Crippen molar-refractivity contribution in [2.75, 3.05) is 32.4 Å². The van der Waals surface area contributed by atoms with E-state index < -0.39 is 0 Å². The average molecular weight is 277 g/mol. The molecule has 2 aliphatic rings. The first-order chi connectivity index (χ1) is 9.63. The van der Waals surface area contributed by atoms with E-state index >= 15 is 0 Å². The van der Waals surface area contributed by atoms with Crippen LogP contribution in [0.3, 0.4) is 0 Å². The summed E-state index contributed by atoms with van der Waals surface area (Å²) >= 11 is 0. The molecule has 2 saturated heterocycles. The molecular weight excluding hydrogens is 253 g/mol. The number of hydrogen-bond acceptors (Lipinski definition) is 3.